The minimum atomic E-state index is -1.52. The van der Waals surface area contributed by atoms with E-state index in [1.165, 1.54) is 257 Å². The molecule has 4 saturated heterocycles. The first-order valence-electron chi connectivity index (χ1n) is 55.4. The largest absolute Gasteiger partial charge is 0.365 e. The zero-order valence-corrected chi connectivity index (χ0v) is 108. The van der Waals surface area contributed by atoms with Crippen molar-refractivity contribution in [1.82, 2.24) is 9.80 Å². The summed E-state index contributed by atoms with van der Waals surface area (Å²) in [6.07, 6.45) is 85.7. The second kappa shape index (κ2) is 59.1. The fraction of sp³-hybridized carbons (Fsp3) is 0.831. The van der Waals surface area contributed by atoms with Gasteiger partial charge in [0.1, 0.15) is 0 Å². The van der Waals surface area contributed by atoms with Crippen LogP contribution in [0.25, 0.3) is 0 Å². The molecule has 0 N–H and O–H groups in total. The summed E-state index contributed by atoms with van der Waals surface area (Å²) < 4.78 is 0. The summed E-state index contributed by atoms with van der Waals surface area (Å²) in [5.41, 5.74) is 6.73. The number of hydrogen-bond donors (Lipinski definition) is 0. The molecule has 4 aliphatic heterocycles. The monoisotopic (exact) mass is 2370 g/mol. The first kappa shape index (κ1) is 125. The van der Waals surface area contributed by atoms with Crippen molar-refractivity contribution >= 4 is 94.7 Å². The molecule has 24 aliphatic rings. The third-order valence-corrected chi connectivity index (χ3v) is 63.7. The molecule has 2 aromatic carbocycles. The van der Waals surface area contributed by atoms with Gasteiger partial charge in [0, 0.05) is 74.9 Å². The van der Waals surface area contributed by atoms with Gasteiger partial charge in [-0.1, -0.05) is 295 Å². The Morgan fingerprint density at radius 3 is 0.787 bits per heavy atom. The van der Waals surface area contributed by atoms with Gasteiger partial charge in [-0.25, -0.2) is 0 Å². The maximum Gasteiger partial charge on any atom is 0.0371 e. The molecule has 4 heterocycles. The minimum Gasteiger partial charge on any atom is -0.365 e. The summed E-state index contributed by atoms with van der Waals surface area (Å²) in [5, 5.41) is 0. The molecule has 30 unspecified atom stereocenters. The average molecular weight is 2380 g/mol. The summed E-state index contributed by atoms with van der Waals surface area (Å²) >= 11 is -3.30. The summed E-state index contributed by atoms with van der Waals surface area (Å²) in [7, 11) is 41.7. The van der Waals surface area contributed by atoms with Crippen LogP contribution < -0.4 is 9.80 Å². The molecule has 4 bridgehead atoms. The molecule has 0 aromatic heterocycles. The molecule has 774 valence electrons. The van der Waals surface area contributed by atoms with Crippen LogP contribution in [0.3, 0.4) is 0 Å². The number of nitrogens with zero attached hydrogens (tertiary/aromatic N) is 4. The molecule has 24 fully saturated rings. The van der Waals surface area contributed by atoms with Crippen molar-refractivity contribution in [3.05, 3.63) is 120 Å². The van der Waals surface area contributed by atoms with E-state index in [1.54, 1.807) is 114 Å². The third kappa shape index (κ3) is 26.2. The molecule has 18 heteroatoms. The molecular formula is C118H202Cl8N4Si2Zr4. The fourth-order valence-electron chi connectivity index (χ4n) is 40.0. The molecule has 0 spiro atoms. The Bertz CT molecular complexity index is 3330. The van der Waals surface area contributed by atoms with E-state index < -0.39 is 98.6 Å². The van der Waals surface area contributed by atoms with Crippen LogP contribution in [0.2, 0.25) is 37.3 Å². The second-order valence-corrected chi connectivity index (χ2v) is 80.3. The van der Waals surface area contributed by atoms with Gasteiger partial charge < -0.3 is 69.2 Å². The number of rotatable bonds is 7. The van der Waals surface area contributed by atoms with Crippen LogP contribution in [0.1, 0.15) is 373 Å². The molecule has 26 rings (SSSR count). The molecule has 136 heavy (non-hydrogen) atoms. The SMILES string of the molecule is C1CCCC1.C1CCCC1.C1CCCC1.C1CCCC1.CC1CCC2C(C1)C1C(C3CCCCC3C1[Si](C)(C)[Si](C)(C)C1C3CCCCC3C3C1C1CC(C)CCC1N3C)N2C.[CH3-].[CH3-].[CH3-].[CH3-].[CH3-].[CH3-].[CH3-].[CH3-].[Cl][Zr+2][Cl].[Cl][Zr+2][Cl].[Cl][Zr+2][Cl].[Cl][Zr+2][Cl].c1ccc(N2C3CCCCC3C3C2C2CCCCC2C3C23CC4CC(C2)CC(C2C5CCCCC5C5C2C2CCCCC2N5c2ccccc2)(C4)C3)cc1. The zero-order valence-electron chi connectivity index (χ0n) is 89.7. The van der Waals surface area contributed by atoms with E-state index in [9.17, 15) is 0 Å². The van der Waals surface area contributed by atoms with Gasteiger partial charge >= 0.3 is 151 Å². The third-order valence-electron chi connectivity index (χ3n) is 43.5. The first-order chi connectivity index (χ1) is 62.4. The van der Waals surface area contributed by atoms with E-state index in [-0.39, 0.29) is 59.4 Å². The van der Waals surface area contributed by atoms with Crippen molar-refractivity contribution in [2.75, 3.05) is 23.9 Å². The van der Waals surface area contributed by atoms with Gasteiger partial charge in [-0.2, -0.15) is 0 Å². The second-order valence-electron chi connectivity index (χ2n) is 49.5. The van der Waals surface area contributed by atoms with Gasteiger partial charge in [-0.15, -0.1) is 0 Å². The van der Waals surface area contributed by atoms with E-state index in [1.807, 2.05) is 0 Å². The molecule has 4 nitrogen and oxygen atoms in total. The number of benzene rings is 2. The predicted molar refractivity (Wildman–Crippen MR) is 596 cm³/mol. The van der Waals surface area contributed by atoms with E-state index in [2.05, 4.69) is 134 Å². The number of likely N-dealkylation sites (tertiary alicyclic amines) is 2. The van der Waals surface area contributed by atoms with Crippen molar-refractivity contribution in [3.63, 3.8) is 0 Å². The quantitative estimate of drug-likeness (QED) is 0.202. The molecule has 20 aliphatic carbocycles. The molecule has 20 saturated carbocycles. The van der Waals surface area contributed by atoms with E-state index in [0.717, 1.165) is 190 Å². The summed E-state index contributed by atoms with van der Waals surface area (Å²) in [6.45, 7) is 17.5. The number of halogens is 8. The van der Waals surface area contributed by atoms with Crippen LogP contribution in [0.4, 0.5) is 11.4 Å². The van der Waals surface area contributed by atoms with Crippen molar-refractivity contribution in [1.29, 1.82) is 0 Å². The van der Waals surface area contributed by atoms with Gasteiger partial charge in [0.15, 0.2) is 0 Å². The van der Waals surface area contributed by atoms with E-state index >= 15 is 0 Å². The predicted octanol–water partition coefficient (Wildman–Crippen LogP) is 38.8. The first-order valence-corrected chi connectivity index (χ1v) is 87.8. The Hall–Kier alpha value is 4.25. The van der Waals surface area contributed by atoms with Crippen molar-refractivity contribution in [2.24, 2.45) is 141 Å². The molecule has 2 aromatic rings. The topological polar surface area (TPSA) is 13.0 Å². The molecule has 0 amide bonds. The summed E-state index contributed by atoms with van der Waals surface area (Å²) in [5.74, 6) is 22.2. The average Bonchev–Trinajstić information content (AvgIpc) is 1.49. The summed E-state index contributed by atoms with van der Waals surface area (Å²) in [4.78, 5) is 12.5. The number of anilines is 2. The Kier molecular flexibility index (Phi) is 54.5. The Balaban J connectivity index is 0.000000245. The number of fused-ring (bicyclic) bond motifs is 20. The normalized spacial score (nSPS) is 41.5. The Morgan fingerprint density at radius 1 is 0.265 bits per heavy atom. The van der Waals surface area contributed by atoms with Gasteiger partial charge in [0.25, 0.3) is 0 Å². The molecule has 30 atom stereocenters. The van der Waals surface area contributed by atoms with Gasteiger partial charge in [0.2, 0.25) is 0 Å². The summed E-state index contributed by atoms with van der Waals surface area (Å²) in [6, 6.07) is 31.1. The van der Waals surface area contributed by atoms with E-state index in [0.29, 0.717) is 10.8 Å². The standard InChI is InChI=1S/C52H70N2.C38H68N2Si2.4C5H10.8CH3.8ClH.4Zr/c1-3-15-35(16-4-1)53-43-25-13-11-23-41(43)45-47(37-19-7-9-21-39(37)49(45)53)51-28-33-27-34(29-51)31-52(30-33,32-51)48-38-20-8-10-22-40(38)50-46(48)42-24-12-14-26-44(42)54(50)36-17-5-2-6-18-36;1-23-17-19-31-29(21-23)33-35(39(31)3)25-13-9-11-15-27(25)37(33)41(5,6)42(7,8)38-28-16-12-10-14-26(28)36-34(38)30-22-24(2)18-20-32(30)40(36)4;4*1-2-4-5-3-1;;;;;;;;;;;;;;;;;;;;/h1-6,15-18,33-34,37-50H,7-14,19-32H2;23-38H,9-22H2,1-8H3;4*1-5H2;8*1H3;8*1H;;;;/q;;;;;;8*-1;;;;;;;;;4*+4/p-8. The minimum absolute atomic E-state index is 0. The maximum absolute atomic E-state index is 4.93. The van der Waals surface area contributed by atoms with Crippen LogP contribution in [-0.2, 0) is 83.4 Å². The fourth-order valence-corrected chi connectivity index (χ4v) is 55.1. The number of para-hydroxylation sites is 2. The van der Waals surface area contributed by atoms with Gasteiger partial charge in [-0.3, -0.25) is 9.80 Å². The van der Waals surface area contributed by atoms with Crippen LogP contribution in [-0.4, -0.2) is 87.4 Å². The maximum atomic E-state index is 4.93. The van der Waals surface area contributed by atoms with Crippen LogP contribution >= 0.6 is 68.1 Å². The van der Waals surface area contributed by atoms with Gasteiger partial charge in [-0.05, 0) is 332 Å². The number of hydrogen-bond acceptors (Lipinski definition) is 4. The van der Waals surface area contributed by atoms with Crippen molar-refractivity contribution in [2.45, 2.75) is 459 Å². The van der Waals surface area contributed by atoms with E-state index in [4.69, 9.17) is 68.1 Å². The smallest absolute Gasteiger partial charge is 0.0371 e. The van der Waals surface area contributed by atoms with Crippen molar-refractivity contribution in [3.8, 4) is 0 Å². The zero-order chi connectivity index (χ0) is 89.4. The van der Waals surface area contributed by atoms with Crippen LogP contribution in [0, 0.1) is 200 Å². The van der Waals surface area contributed by atoms with Gasteiger partial charge in [0.05, 0.1) is 0 Å². The Labute approximate surface area is 920 Å². The van der Waals surface area contributed by atoms with Crippen LogP contribution in [0.5, 0.6) is 0 Å². The van der Waals surface area contributed by atoms with Crippen molar-refractivity contribution < 1.29 is 83.4 Å². The molecular weight excluding hydrogens is 2180 g/mol. The Morgan fingerprint density at radius 2 is 0.507 bits per heavy atom. The van der Waals surface area contributed by atoms with Crippen LogP contribution in [0.15, 0.2) is 60.7 Å². The molecule has 0 radical (unpaired) electrons.